The van der Waals surface area contributed by atoms with Crippen LogP contribution in [0.2, 0.25) is 19.6 Å². The monoisotopic (exact) mass is 797 g/mol. The molecule has 3 nitrogen and oxygen atoms in total. The minimum atomic E-state index is -1.50. The maximum Gasteiger partial charge on any atom is 0.189 e. The average Bonchev–Trinajstić information content (AvgIpc) is 3.04. The third-order valence-electron chi connectivity index (χ3n) is 7.54. The summed E-state index contributed by atoms with van der Waals surface area (Å²) in [6.07, 6.45) is 1.24. The number of hydrogen-bond donors (Lipinski definition) is 1. The fourth-order valence-corrected chi connectivity index (χ4v) is 6.95. The predicted octanol–water partition coefficient (Wildman–Crippen LogP) is 10.00. The first-order chi connectivity index (χ1) is 21.6. The van der Waals surface area contributed by atoms with Gasteiger partial charge in [0.25, 0.3) is 0 Å². The zero-order valence-corrected chi connectivity index (χ0v) is 30.2. The molecule has 0 saturated heterocycles. The number of aliphatic hydroxyl groups is 1. The summed E-state index contributed by atoms with van der Waals surface area (Å²) >= 11 is 0. The van der Waals surface area contributed by atoms with Gasteiger partial charge in [-0.25, -0.2) is 0 Å². The number of carbonyl (C=O) groups excluding carboxylic acids is 1. The quantitative estimate of drug-likeness (QED) is 0.0601. The van der Waals surface area contributed by atoms with Gasteiger partial charge in [0.2, 0.25) is 0 Å². The van der Waals surface area contributed by atoms with E-state index in [1.165, 1.54) is 33.3 Å². The van der Waals surface area contributed by atoms with Gasteiger partial charge >= 0.3 is 0 Å². The van der Waals surface area contributed by atoms with Gasteiger partial charge in [-0.05, 0) is 28.3 Å². The van der Waals surface area contributed by atoms with E-state index in [9.17, 15) is 9.90 Å². The van der Waals surface area contributed by atoms with Crippen molar-refractivity contribution < 1.29 is 30.0 Å². The number of aromatic nitrogens is 1. The normalized spacial score (nSPS) is 11.3. The number of hydrogen-bond acceptors (Lipinski definition) is 3. The molecule has 1 heterocycles. The molecule has 233 valence electrons. The Hall–Kier alpha value is -4.41. The Labute approximate surface area is 287 Å². The van der Waals surface area contributed by atoms with Gasteiger partial charge in [0.15, 0.2) is 5.78 Å². The van der Waals surface area contributed by atoms with Crippen molar-refractivity contribution in [2.24, 2.45) is 0 Å². The standard InChI is InChI=1S/C26H26NSi.C15H12O2.Ir/c1-18-13-19(2)15-22(14-18)24-12-11-21-16-26(28(3,4)5)23(17-25(21)27-24)20-9-7-6-8-10-20;16-14(12-7-3-1-4-8-12)11-15(17)13-9-5-2-6-10-13;/h6-14,16-17H,1-5H3;1-11,16H;/q-1;;/b;14-11-;. The van der Waals surface area contributed by atoms with Gasteiger partial charge in [-0.3, -0.25) is 9.78 Å². The van der Waals surface area contributed by atoms with Crippen LogP contribution in [0.25, 0.3) is 39.0 Å². The van der Waals surface area contributed by atoms with E-state index in [4.69, 9.17) is 4.98 Å². The van der Waals surface area contributed by atoms with Crippen molar-refractivity contribution in [2.75, 3.05) is 0 Å². The second-order valence-corrected chi connectivity index (χ2v) is 17.3. The van der Waals surface area contributed by atoms with Crippen molar-refractivity contribution >= 4 is 35.7 Å². The summed E-state index contributed by atoms with van der Waals surface area (Å²) in [4.78, 5) is 16.8. The Bertz CT molecular complexity index is 1950. The molecule has 0 amide bonds. The van der Waals surface area contributed by atoms with Crippen molar-refractivity contribution in [3.63, 3.8) is 0 Å². The number of nitrogens with zero attached hydrogens (tertiary/aromatic N) is 1. The summed E-state index contributed by atoms with van der Waals surface area (Å²) < 4.78 is 0. The largest absolute Gasteiger partial charge is 0.507 e. The van der Waals surface area contributed by atoms with E-state index in [2.05, 4.69) is 106 Å². The first-order valence-electron chi connectivity index (χ1n) is 15.2. The minimum absolute atomic E-state index is 0. The van der Waals surface area contributed by atoms with E-state index < -0.39 is 8.07 Å². The van der Waals surface area contributed by atoms with E-state index in [-0.39, 0.29) is 31.6 Å². The smallest absolute Gasteiger partial charge is 0.189 e. The first-order valence-corrected chi connectivity index (χ1v) is 18.7. The maximum absolute atomic E-state index is 11.8. The third-order valence-corrected chi connectivity index (χ3v) is 9.57. The van der Waals surface area contributed by atoms with E-state index in [0.717, 1.165) is 22.3 Å². The number of aliphatic hydroxyl groups excluding tert-OH is 1. The Kier molecular flexibility index (Phi) is 11.4. The van der Waals surface area contributed by atoms with E-state index in [0.29, 0.717) is 11.1 Å². The summed E-state index contributed by atoms with van der Waals surface area (Å²) in [5, 5.41) is 12.5. The van der Waals surface area contributed by atoms with Crippen LogP contribution in [-0.4, -0.2) is 23.9 Å². The Morgan fingerprint density at radius 2 is 1.33 bits per heavy atom. The molecule has 6 aromatic rings. The zero-order chi connectivity index (χ0) is 32.0. The molecule has 1 aromatic heterocycles. The number of benzene rings is 5. The molecule has 0 aliphatic heterocycles. The molecule has 0 aliphatic rings. The summed E-state index contributed by atoms with van der Waals surface area (Å²) in [6, 6.07) is 45.3. The van der Waals surface area contributed by atoms with Crippen molar-refractivity contribution in [1.29, 1.82) is 0 Å². The van der Waals surface area contributed by atoms with E-state index in [1.807, 2.05) is 24.3 Å². The molecule has 6 rings (SSSR count). The number of rotatable bonds is 6. The molecule has 0 unspecified atom stereocenters. The molecule has 1 N–H and O–H groups in total. The molecule has 0 bridgehead atoms. The van der Waals surface area contributed by atoms with Gasteiger partial charge in [-0.1, -0.05) is 148 Å². The SMILES string of the molecule is Cc1[c-]c(-c2ccc3cc([Si](C)(C)C)c(-c4ccccc4)cc3n2)cc(C)c1.O=C(/C=C(\O)c1ccccc1)c1ccccc1.[Ir]. The van der Waals surface area contributed by atoms with Crippen LogP contribution in [0, 0.1) is 19.9 Å². The van der Waals surface area contributed by atoms with Gasteiger partial charge in [-0.2, -0.15) is 0 Å². The topological polar surface area (TPSA) is 50.2 Å². The van der Waals surface area contributed by atoms with Crippen LogP contribution in [0.1, 0.15) is 27.0 Å². The Morgan fingerprint density at radius 1 is 0.739 bits per heavy atom. The Balaban J connectivity index is 0.000000230. The number of carbonyl (C=O) groups is 1. The zero-order valence-electron chi connectivity index (χ0n) is 26.8. The molecule has 0 saturated carbocycles. The van der Waals surface area contributed by atoms with Crippen LogP contribution < -0.4 is 5.19 Å². The van der Waals surface area contributed by atoms with Gasteiger partial charge in [0, 0.05) is 37.3 Å². The number of allylic oxidation sites excluding steroid dienone is 1. The molecule has 1 radical (unpaired) electrons. The second-order valence-electron chi connectivity index (χ2n) is 12.3. The molecule has 5 heteroatoms. The van der Waals surface area contributed by atoms with E-state index >= 15 is 0 Å². The van der Waals surface area contributed by atoms with Gasteiger partial charge in [-0.15, -0.1) is 34.9 Å². The van der Waals surface area contributed by atoms with Crippen molar-refractivity contribution in [1.82, 2.24) is 4.98 Å². The second kappa shape index (κ2) is 15.2. The number of ketones is 1. The third kappa shape index (κ3) is 8.64. The summed E-state index contributed by atoms with van der Waals surface area (Å²) in [7, 11) is -1.50. The van der Waals surface area contributed by atoms with Gasteiger partial charge < -0.3 is 5.11 Å². The maximum atomic E-state index is 11.8. The van der Waals surface area contributed by atoms with Crippen LogP contribution >= 0.6 is 0 Å². The molecule has 0 spiro atoms. The molecule has 0 fully saturated rings. The molecule has 46 heavy (non-hydrogen) atoms. The summed E-state index contributed by atoms with van der Waals surface area (Å²) in [6.45, 7) is 11.4. The predicted molar refractivity (Wildman–Crippen MR) is 192 cm³/mol. The van der Waals surface area contributed by atoms with Crippen molar-refractivity contribution in [2.45, 2.75) is 33.5 Å². The number of aryl methyl sites for hydroxylation is 2. The summed E-state index contributed by atoms with van der Waals surface area (Å²) in [5.74, 6) is -0.216. The molecule has 5 aromatic carbocycles. The van der Waals surface area contributed by atoms with Gasteiger partial charge in [0.05, 0.1) is 13.6 Å². The fourth-order valence-electron chi connectivity index (χ4n) is 5.33. The molecule has 0 atom stereocenters. The van der Waals surface area contributed by atoms with Crippen molar-refractivity contribution in [3.8, 4) is 22.4 Å². The van der Waals surface area contributed by atoms with E-state index in [1.54, 1.807) is 36.4 Å². The minimum Gasteiger partial charge on any atom is -0.507 e. The van der Waals surface area contributed by atoms with Crippen LogP contribution in [0.3, 0.4) is 0 Å². The molecule has 0 aliphatic carbocycles. The molecular formula is C41H38IrNO2Si-. The van der Waals surface area contributed by atoms with Gasteiger partial charge in [0.1, 0.15) is 5.76 Å². The fraction of sp³-hybridized carbons (Fsp3) is 0.122. The first kappa shape index (κ1) is 34.5. The van der Waals surface area contributed by atoms with Crippen LogP contribution in [0.5, 0.6) is 0 Å². The van der Waals surface area contributed by atoms with Crippen molar-refractivity contribution in [3.05, 3.63) is 162 Å². The van der Waals surface area contributed by atoms with Crippen LogP contribution in [-0.2, 0) is 20.1 Å². The molecular weight excluding hydrogens is 759 g/mol. The Morgan fingerprint density at radius 3 is 1.91 bits per heavy atom. The van der Waals surface area contributed by atoms with Crippen LogP contribution in [0.15, 0.2) is 133 Å². The number of fused-ring (bicyclic) bond motifs is 1. The number of pyridine rings is 1. The average molecular weight is 797 g/mol. The summed E-state index contributed by atoms with van der Waals surface area (Å²) in [5.41, 5.74) is 9.28. The van der Waals surface area contributed by atoms with Crippen LogP contribution in [0.4, 0.5) is 0 Å².